The van der Waals surface area contributed by atoms with Crippen molar-refractivity contribution >= 4 is 73.7 Å². The maximum absolute atomic E-state index is 2.97. The van der Waals surface area contributed by atoms with Gasteiger partial charge in [-0.1, -0.05) is 339 Å². The van der Waals surface area contributed by atoms with Crippen molar-refractivity contribution in [3.05, 3.63) is 304 Å². The second-order valence-electron chi connectivity index (χ2n) is 51.1. The Morgan fingerprint density at radius 3 is 0.938 bits per heavy atom. The molecule has 0 N–H and O–H groups in total. The average molecular weight is 1780 g/mol. The molecule has 3 saturated carbocycles. The van der Waals surface area contributed by atoms with E-state index in [1.807, 2.05) is 0 Å². The van der Waals surface area contributed by atoms with Crippen LogP contribution >= 0.6 is 0 Å². The van der Waals surface area contributed by atoms with Crippen LogP contribution in [0, 0.1) is 59.2 Å². The molecule has 0 bridgehead atoms. The van der Waals surface area contributed by atoms with Gasteiger partial charge in [0, 0.05) is 49.5 Å². The van der Waals surface area contributed by atoms with E-state index in [1.54, 1.807) is 16.7 Å². The molecule has 682 valence electrons. The molecule has 0 aromatic heterocycles. The maximum Gasteiger partial charge on any atom is 0.127 e. The second-order valence-corrected chi connectivity index (χ2v) is 64.3. The van der Waals surface area contributed by atoms with Gasteiger partial charge in [-0.15, -0.1) is 0 Å². The second kappa shape index (κ2) is 32.3. The van der Waals surface area contributed by atoms with Crippen molar-refractivity contribution in [2.45, 2.75) is 312 Å². The molecule has 9 aliphatic carbocycles. The first kappa shape index (κ1) is 93.7. The van der Waals surface area contributed by atoms with Crippen molar-refractivity contribution in [3.63, 3.8) is 0 Å². The first-order chi connectivity index (χ1) is 60.5. The van der Waals surface area contributed by atoms with Gasteiger partial charge in [-0.3, -0.25) is 0 Å². The van der Waals surface area contributed by atoms with E-state index in [-0.39, 0.29) is 49.5 Å². The maximum atomic E-state index is 2.97. The average Bonchev–Trinajstić information content (AvgIpc) is 1.54. The number of benzene rings is 10. The Bertz CT molecular complexity index is 6220. The van der Waals surface area contributed by atoms with Gasteiger partial charge in [0.15, 0.2) is 0 Å². The summed E-state index contributed by atoms with van der Waals surface area (Å²) in [5.74, 6) is 6.72. The molecule has 0 amide bonds. The summed E-state index contributed by atoms with van der Waals surface area (Å²) in [6.45, 7) is 85.1. The monoisotopic (exact) mass is 1770 g/mol. The molecule has 3 nitrogen and oxygen atoms in total. The Kier molecular flexibility index (Phi) is 23.3. The Morgan fingerprint density at radius 1 is 0.277 bits per heavy atom. The van der Waals surface area contributed by atoms with E-state index in [4.69, 9.17) is 0 Å². The highest BCUT2D eigenvalue weighted by atomic mass is 28.3. The van der Waals surface area contributed by atoms with Crippen molar-refractivity contribution in [1.29, 1.82) is 0 Å². The molecule has 0 aliphatic heterocycles. The summed E-state index contributed by atoms with van der Waals surface area (Å²) in [4.78, 5) is 0. The van der Waals surface area contributed by atoms with Crippen LogP contribution in [0.25, 0.3) is 82.4 Å². The largest absolute Gasteiger partial charge is 0.314 e. The van der Waals surface area contributed by atoms with Gasteiger partial charge in [-0.2, -0.15) is 0 Å². The molecule has 19 rings (SSSR count). The van der Waals surface area contributed by atoms with Gasteiger partial charge in [0.25, 0.3) is 0 Å². The molecule has 0 saturated heterocycles. The van der Waals surface area contributed by atoms with Gasteiger partial charge in [-0.25, -0.2) is 0 Å². The van der Waals surface area contributed by atoms with Gasteiger partial charge in [0.05, 0.1) is 0 Å². The van der Waals surface area contributed by atoms with E-state index < -0.39 is 24.7 Å². The van der Waals surface area contributed by atoms with E-state index in [9.17, 15) is 0 Å². The zero-order chi connectivity index (χ0) is 93.9. The van der Waals surface area contributed by atoms with Crippen molar-refractivity contribution in [1.82, 2.24) is 13.7 Å². The highest BCUT2D eigenvalue weighted by Gasteiger charge is 2.63. The highest BCUT2D eigenvalue weighted by Crippen LogP contribution is 2.69. The Labute approximate surface area is 790 Å². The third kappa shape index (κ3) is 15.6. The minimum atomic E-state index is -2.01. The smallest absolute Gasteiger partial charge is 0.127 e. The molecule has 0 radical (unpaired) electrons. The van der Waals surface area contributed by atoms with Crippen LogP contribution in [0.1, 0.15) is 245 Å². The van der Waals surface area contributed by atoms with E-state index in [0.717, 1.165) is 11.5 Å². The summed E-state index contributed by atoms with van der Waals surface area (Å²) in [5.41, 5.74) is 30.4. The van der Waals surface area contributed by atoms with Crippen molar-refractivity contribution in [2.24, 2.45) is 59.2 Å². The Hall–Kier alpha value is -8.05. The standard InChI is InChI=1S/C45H55NSi.C40H53NSi.C39H51NSi/c1-29-41(31-19-13-12-14-20-31)37-28-40-36(27-38(37)42(29)47(10,11)46(43(2,3)4)44(5,6)7)35-25-24-32(26-39(35)45(40,8)9)34-23-17-21-30-18-15-16-22-33(30)34;1-25-26(2)37(42(11,12)41(38(3,4)5)39(6,7)8)34-23-33-31-21-20-28(22-35(31)40(9,10)36(33)24-32(25)34)30-19-15-17-27-16-13-14-18-29(27)30;1-25-21-28-23-35-33(24-32(28)36(25)41(10,11)40(37(2,3)4)38(5,6)7)31-20-19-27(22-34(31)39(35,8)9)30-18-14-16-26-15-12-13-17-29(26)30/h12-29,37-38,41-42H,1-11H3;13-26,32,34,37H,1-12H3;12-20,22-25,28,32,36H,21H2,1-11H3. The molecular weight excluding hydrogens is 1620 g/mol. The van der Waals surface area contributed by atoms with Crippen LogP contribution in [0.3, 0.4) is 0 Å². The zero-order valence-corrected chi connectivity index (χ0v) is 89.3. The van der Waals surface area contributed by atoms with Crippen LogP contribution in [0.4, 0.5) is 0 Å². The third-order valence-electron chi connectivity index (χ3n) is 34.1. The summed E-state index contributed by atoms with van der Waals surface area (Å²) >= 11 is 0. The van der Waals surface area contributed by atoms with Gasteiger partial charge in [0.2, 0.25) is 0 Å². The molecule has 10 aromatic carbocycles. The quantitative estimate of drug-likeness (QED) is 0.126. The lowest BCUT2D eigenvalue weighted by Gasteiger charge is -2.57. The summed E-state index contributed by atoms with van der Waals surface area (Å²) in [6.07, 6.45) is 17.9. The normalized spacial score (nSPS) is 25.9. The number of allylic oxidation sites excluding steroid dienone is 12. The minimum absolute atomic E-state index is 0.00355. The predicted molar refractivity (Wildman–Crippen MR) is 575 cm³/mol. The fraction of sp³-hybridized carbons (Fsp3) is 0.468. The van der Waals surface area contributed by atoms with Crippen LogP contribution in [0.5, 0.6) is 0 Å². The van der Waals surface area contributed by atoms with Gasteiger partial charge in [0.1, 0.15) is 24.7 Å². The highest BCUT2D eigenvalue weighted by molar-refractivity contribution is 6.77. The third-order valence-corrected chi connectivity index (χ3v) is 49.3. The zero-order valence-electron chi connectivity index (χ0n) is 86.3. The van der Waals surface area contributed by atoms with Crippen LogP contribution in [0.2, 0.25) is 55.9 Å². The number of hydrogen-bond acceptors (Lipinski definition) is 3. The summed E-state index contributed by atoms with van der Waals surface area (Å²) in [5, 5.41) is 7.91. The first-order valence-corrected chi connectivity index (χ1v) is 59.3. The molecule has 0 heterocycles. The number of fused-ring (bicyclic) bond motifs is 15. The minimum Gasteiger partial charge on any atom is -0.314 e. The van der Waals surface area contributed by atoms with Gasteiger partial charge >= 0.3 is 0 Å². The van der Waals surface area contributed by atoms with Crippen molar-refractivity contribution in [3.8, 4) is 33.4 Å². The lowest BCUT2D eigenvalue weighted by atomic mass is 9.73. The molecule has 9 aliphatic rings. The van der Waals surface area contributed by atoms with Gasteiger partial charge in [-0.05, 0) is 369 Å². The van der Waals surface area contributed by atoms with E-state index in [1.165, 1.54) is 128 Å². The predicted octanol–water partition coefficient (Wildman–Crippen LogP) is 34.2. The number of hydrogen-bond donors (Lipinski definition) is 0. The molecule has 14 unspecified atom stereocenters. The van der Waals surface area contributed by atoms with Gasteiger partial charge < -0.3 is 13.7 Å². The molecule has 3 fully saturated rings. The van der Waals surface area contributed by atoms with Crippen LogP contribution in [-0.2, 0) is 16.2 Å². The summed E-state index contributed by atoms with van der Waals surface area (Å²) in [7, 11) is -5.71. The Morgan fingerprint density at radius 2 is 0.577 bits per heavy atom. The van der Waals surface area contributed by atoms with E-state index in [2.05, 4.69) is 496 Å². The van der Waals surface area contributed by atoms with Crippen LogP contribution in [-0.4, -0.2) is 71.6 Å². The molecule has 6 heteroatoms. The van der Waals surface area contributed by atoms with Crippen molar-refractivity contribution < 1.29 is 0 Å². The molecule has 130 heavy (non-hydrogen) atoms. The molecule has 0 spiro atoms. The van der Waals surface area contributed by atoms with E-state index >= 15 is 0 Å². The summed E-state index contributed by atoms with van der Waals surface area (Å²) < 4.78 is 8.89. The fourth-order valence-corrected chi connectivity index (χ4v) is 52.0. The number of rotatable bonds is 10. The lowest BCUT2D eigenvalue weighted by Crippen LogP contribution is -2.67. The summed E-state index contributed by atoms with van der Waals surface area (Å²) in [6, 6.07) is 80.0. The lowest BCUT2D eigenvalue weighted by molar-refractivity contribution is 0.120. The van der Waals surface area contributed by atoms with E-state index in [0.29, 0.717) is 70.3 Å². The molecule has 14 atom stereocenters. The molecular formula is C124H159N3Si3. The SMILES string of the molecule is CC1C(C)C([Si](C)(C)N(C(C)(C)C)C(C)(C)C)C2C=C3C(=CC12)C(C)(C)c1cc(-c2cccc4ccccc24)ccc13.CC1C(c2ccccc2)C2C=C3C(=CC2C1[Si](C)(C)N(C(C)(C)C)C(C)(C)C)c1ccc(-c2cccc4ccccc24)cc1C3(C)C.CC1CC2C=C3C(=CC2C1[Si](C)(C)N(C(C)(C)C)C(C)(C)C)c1ccc(-c2cccc4ccccc24)cc1C3(C)C. The van der Waals surface area contributed by atoms with Crippen molar-refractivity contribution in [2.75, 3.05) is 0 Å². The number of nitrogens with zero attached hydrogens (tertiary/aromatic N) is 3. The Balaban J connectivity index is 0.000000137. The molecule has 10 aromatic rings. The fourth-order valence-electron chi connectivity index (χ4n) is 32.3. The van der Waals surface area contributed by atoms with Crippen LogP contribution in [0.15, 0.2) is 265 Å². The topological polar surface area (TPSA) is 9.72 Å². The van der Waals surface area contributed by atoms with Crippen LogP contribution < -0.4 is 0 Å². The first-order valence-electron chi connectivity index (χ1n) is 50.2.